The molecule has 33 heavy (non-hydrogen) atoms. The molecule has 0 bridgehead atoms. The third kappa shape index (κ3) is 9.61. The third-order valence-electron chi connectivity index (χ3n) is 5.07. The third-order valence-corrected chi connectivity index (χ3v) is 5.07. The molecular weight excluding hydrogens is 440 g/mol. The molecule has 0 aliphatic carbocycles. The molecule has 0 amide bonds. The molecule has 1 rings (SSSR count). The first-order valence-corrected chi connectivity index (χ1v) is 11.3. The summed E-state index contributed by atoms with van der Waals surface area (Å²) in [5.74, 6) is -9.08. The van der Waals surface area contributed by atoms with Crippen molar-refractivity contribution in [2.45, 2.75) is 100 Å². The molecule has 1 aromatic carbocycles. The number of rotatable bonds is 10. The van der Waals surface area contributed by atoms with Crippen LogP contribution < -0.4 is 4.74 Å². The zero-order valence-corrected chi connectivity index (χ0v) is 21.6. The molecule has 0 heterocycles. The molecule has 0 spiro atoms. The van der Waals surface area contributed by atoms with Gasteiger partial charge in [0.25, 0.3) is 0 Å². The van der Waals surface area contributed by atoms with E-state index in [1.54, 1.807) is 27.7 Å². The summed E-state index contributed by atoms with van der Waals surface area (Å²) >= 11 is 0. The normalized spacial score (nSPS) is 13.3. The predicted molar refractivity (Wildman–Crippen MR) is 121 cm³/mol. The van der Waals surface area contributed by atoms with Crippen LogP contribution in [0.2, 0.25) is 0 Å². The molecular formula is C25H40F4O4. The maximum absolute atomic E-state index is 14.2. The molecule has 0 aliphatic rings. The van der Waals surface area contributed by atoms with Crippen LogP contribution in [0.15, 0.2) is 0 Å². The van der Waals surface area contributed by atoms with E-state index in [1.807, 2.05) is 34.6 Å². The van der Waals surface area contributed by atoms with Crippen LogP contribution in [-0.4, -0.2) is 29.4 Å². The second-order valence-electron chi connectivity index (χ2n) is 10.3. The van der Waals surface area contributed by atoms with Gasteiger partial charge in [-0.2, -0.15) is 4.39 Å². The van der Waals surface area contributed by atoms with Crippen molar-refractivity contribution in [2.24, 2.45) is 10.8 Å². The molecule has 1 unspecified atom stereocenters. The van der Waals surface area contributed by atoms with Gasteiger partial charge in [0.15, 0.2) is 17.5 Å². The Bertz CT molecular complexity index is 770. The molecule has 0 aliphatic heterocycles. The summed E-state index contributed by atoms with van der Waals surface area (Å²) in [6.45, 7) is 17.5. The van der Waals surface area contributed by atoms with E-state index in [0.717, 1.165) is 6.92 Å². The summed E-state index contributed by atoms with van der Waals surface area (Å²) in [4.78, 5) is 12.7. The van der Waals surface area contributed by atoms with Gasteiger partial charge in [0, 0.05) is 12.2 Å². The van der Waals surface area contributed by atoms with Crippen LogP contribution >= 0.6 is 0 Å². The van der Waals surface area contributed by atoms with Gasteiger partial charge in [-0.15, -0.1) is 0 Å². The number of aliphatic hydroxyl groups is 1. The zero-order valence-electron chi connectivity index (χ0n) is 21.6. The van der Waals surface area contributed by atoms with Crippen molar-refractivity contribution in [3.05, 3.63) is 28.8 Å². The Hall–Kier alpha value is -1.67. The van der Waals surface area contributed by atoms with Gasteiger partial charge < -0.3 is 14.6 Å². The number of halogens is 4. The lowest BCUT2D eigenvalue weighted by Gasteiger charge is -2.35. The van der Waals surface area contributed by atoms with E-state index < -0.39 is 57.0 Å². The first-order chi connectivity index (χ1) is 14.9. The lowest BCUT2D eigenvalue weighted by Crippen LogP contribution is -2.36. The first-order valence-electron chi connectivity index (χ1n) is 11.3. The van der Waals surface area contributed by atoms with Gasteiger partial charge in [-0.1, -0.05) is 27.7 Å². The summed E-state index contributed by atoms with van der Waals surface area (Å²) in [5.41, 5.74) is -3.19. The van der Waals surface area contributed by atoms with E-state index in [-0.39, 0.29) is 12.5 Å². The fourth-order valence-corrected chi connectivity index (χ4v) is 3.73. The maximum Gasteiger partial charge on any atom is 0.317 e. The summed E-state index contributed by atoms with van der Waals surface area (Å²) in [7, 11) is 0. The van der Waals surface area contributed by atoms with Gasteiger partial charge in [-0.25, -0.2) is 13.2 Å². The summed E-state index contributed by atoms with van der Waals surface area (Å²) < 4.78 is 65.9. The Kier molecular flexibility index (Phi) is 11.5. The Morgan fingerprint density at radius 2 is 1.45 bits per heavy atom. The number of ether oxygens (including phenoxy) is 2. The molecule has 0 saturated heterocycles. The van der Waals surface area contributed by atoms with Crippen LogP contribution in [0.5, 0.6) is 5.75 Å². The largest absolute Gasteiger partial charge is 0.420 e. The molecule has 1 aromatic rings. The van der Waals surface area contributed by atoms with Crippen LogP contribution in [0.25, 0.3) is 0 Å². The van der Waals surface area contributed by atoms with Crippen molar-refractivity contribution in [2.75, 3.05) is 6.61 Å². The van der Waals surface area contributed by atoms with E-state index >= 15 is 0 Å². The summed E-state index contributed by atoms with van der Waals surface area (Å²) in [6, 6.07) is 0. The lowest BCUT2D eigenvalue weighted by molar-refractivity contribution is -0.146. The molecule has 1 atom stereocenters. The van der Waals surface area contributed by atoms with Crippen LogP contribution in [0.3, 0.4) is 0 Å². The van der Waals surface area contributed by atoms with Gasteiger partial charge in [0.2, 0.25) is 11.6 Å². The van der Waals surface area contributed by atoms with Crippen LogP contribution in [0.4, 0.5) is 17.6 Å². The van der Waals surface area contributed by atoms with Crippen molar-refractivity contribution in [1.82, 2.24) is 0 Å². The Morgan fingerprint density at radius 1 is 0.939 bits per heavy atom. The van der Waals surface area contributed by atoms with Crippen molar-refractivity contribution in [3.8, 4) is 5.75 Å². The SMILES string of the molecule is CC.Cc1c(F)c(F)c(F)c(OC(=O)C(C)(C)CC(C)(C)CC(C)OCCC(C)(C)O)c1F. The highest BCUT2D eigenvalue weighted by Crippen LogP contribution is 2.39. The van der Waals surface area contributed by atoms with E-state index in [0.29, 0.717) is 19.4 Å². The second-order valence-corrected chi connectivity index (χ2v) is 10.3. The molecule has 192 valence electrons. The fraction of sp³-hybridized carbons (Fsp3) is 0.720. The smallest absolute Gasteiger partial charge is 0.317 e. The molecule has 1 N–H and O–H groups in total. The van der Waals surface area contributed by atoms with Crippen molar-refractivity contribution < 1.29 is 36.9 Å². The van der Waals surface area contributed by atoms with Gasteiger partial charge in [-0.3, -0.25) is 4.79 Å². The first kappa shape index (κ1) is 31.3. The van der Waals surface area contributed by atoms with Gasteiger partial charge >= 0.3 is 5.97 Å². The highest BCUT2D eigenvalue weighted by Gasteiger charge is 2.38. The van der Waals surface area contributed by atoms with E-state index in [4.69, 9.17) is 9.47 Å². The molecule has 0 aromatic heterocycles. The zero-order chi connectivity index (χ0) is 26.4. The van der Waals surface area contributed by atoms with Gasteiger partial charge in [0.05, 0.1) is 17.1 Å². The summed E-state index contributed by atoms with van der Waals surface area (Å²) in [5, 5.41) is 9.76. The fourth-order valence-electron chi connectivity index (χ4n) is 3.73. The van der Waals surface area contributed by atoms with Gasteiger partial charge in [-0.05, 0) is 66.2 Å². The van der Waals surface area contributed by atoms with Crippen LogP contribution in [-0.2, 0) is 9.53 Å². The van der Waals surface area contributed by atoms with Gasteiger partial charge in [0.1, 0.15) is 0 Å². The maximum atomic E-state index is 14.2. The number of carbonyl (C=O) groups excluding carboxylic acids is 1. The number of hydrogen-bond donors (Lipinski definition) is 1. The van der Waals surface area contributed by atoms with E-state index in [1.165, 1.54) is 0 Å². The monoisotopic (exact) mass is 480 g/mol. The Balaban J connectivity index is 0.00000497. The standard InChI is InChI=1S/C23H34F4O4.C2H6/c1-13(30-10-9-23(7,8)29)11-21(3,4)12-22(5,6)20(28)31-19-16(25)14(2)15(24)17(26)18(19)27;1-2/h13,29H,9-12H2,1-8H3;1-2H3. The molecule has 4 nitrogen and oxygen atoms in total. The average molecular weight is 481 g/mol. The molecule has 0 fully saturated rings. The highest BCUT2D eigenvalue weighted by atomic mass is 19.2. The lowest BCUT2D eigenvalue weighted by atomic mass is 9.72. The van der Waals surface area contributed by atoms with Crippen molar-refractivity contribution in [1.29, 1.82) is 0 Å². The minimum atomic E-state index is -1.89. The van der Waals surface area contributed by atoms with E-state index in [2.05, 4.69) is 0 Å². The number of hydrogen-bond acceptors (Lipinski definition) is 4. The van der Waals surface area contributed by atoms with Crippen LogP contribution in [0.1, 0.15) is 87.1 Å². The molecule has 8 heteroatoms. The number of carbonyl (C=O) groups is 1. The quantitative estimate of drug-likeness (QED) is 0.130. The Morgan fingerprint density at radius 3 is 1.94 bits per heavy atom. The van der Waals surface area contributed by atoms with Crippen LogP contribution in [0, 0.1) is 41.0 Å². The van der Waals surface area contributed by atoms with Crippen molar-refractivity contribution >= 4 is 5.97 Å². The Labute approximate surface area is 195 Å². The number of esters is 1. The average Bonchev–Trinajstić information content (AvgIpc) is 2.67. The molecule has 0 saturated carbocycles. The minimum Gasteiger partial charge on any atom is -0.420 e. The van der Waals surface area contributed by atoms with Crippen molar-refractivity contribution in [3.63, 3.8) is 0 Å². The number of benzene rings is 1. The predicted octanol–water partition coefficient (Wildman–Crippen LogP) is 6.88. The minimum absolute atomic E-state index is 0.159. The van der Waals surface area contributed by atoms with E-state index in [9.17, 15) is 27.5 Å². The second kappa shape index (κ2) is 12.2. The highest BCUT2D eigenvalue weighted by molar-refractivity contribution is 5.78. The molecule has 0 radical (unpaired) electrons. The summed E-state index contributed by atoms with van der Waals surface area (Å²) in [6.07, 6.45) is 1.17. The topological polar surface area (TPSA) is 55.8 Å².